The van der Waals surface area contributed by atoms with Crippen molar-refractivity contribution < 1.29 is 26.6 Å². The van der Waals surface area contributed by atoms with Crippen LogP contribution in [0.2, 0.25) is 0 Å². The second-order valence-electron chi connectivity index (χ2n) is 4.90. The van der Waals surface area contributed by atoms with Gasteiger partial charge in [-0.15, -0.1) is 0 Å². The van der Waals surface area contributed by atoms with Crippen molar-refractivity contribution >= 4 is 33.7 Å². The van der Waals surface area contributed by atoms with Crippen LogP contribution >= 0.6 is 6.46 Å². The van der Waals surface area contributed by atoms with Crippen LogP contribution in [0.15, 0.2) is 91.0 Å². The third-order valence-electron chi connectivity index (χ3n) is 3.71. The summed E-state index contributed by atoms with van der Waals surface area (Å²) in [7, 11) is 0. The van der Waals surface area contributed by atoms with Gasteiger partial charge < -0.3 is 0 Å². The van der Waals surface area contributed by atoms with Gasteiger partial charge in [-0.25, -0.2) is 0 Å². The number of rotatable bonds is 4. The summed E-state index contributed by atoms with van der Waals surface area (Å²) in [5.74, 6) is 0. The van der Waals surface area contributed by atoms with E-state index < -0.39 is 6.46 Å². The van der Waals surface area contributed by atoms with Crippen molar-refractivity contribution in [3.63, 3.8) is 0 Å². The molecule has 0 unspecified atom stereocenters. The normalized spacial score (nSPS) is 11.5. The van der Waals surface area contributed by atoms with E-state index >= 15 is 0 Å². The van der Waals surface area contributed by atoms with E-state index in [1.165, 1.54) is 15.9 Å². The fourth-order valence-corrected chi connectivity index (χ4v) is 8.33. The Labute approximate surface area is 150 Å². The molecule has 0 atom stereocenters. The molecule has 4 heteroatoms. The maximum atomic E-state index is 12.4. The van der Waals surface area contributed by atoms with Crippen LogP contribution in [0.5, 0.6) is 0 Å². The molecule has 22 heavy (non-hydrogen) atoms. The quantitative estimate of drug-likeness (QED) is 0.325. The molecule has 0 saturated carbocycles. The second kappa shape index (κ2) is 8.01. The molecule has 3 aromatic carbocycles. The Kier molecular flexibility index (Phi) is 6.31. The van der Waals surface area contributed by atoms with E-state index in [4.69, 9.17) is 0 Å². The fraction of sp³-hybridized carbons (Fsp3) is 0. The Morgan fingerprint density at radius 2 is 0.818 bits per heavy atom. The summed E-state index contributed by atoms with van der Waals surface area (Å²) in [5, 5.41) is 3.50. The Hall–Kier alpha value is -1.02. The van der Waals surface area contributed by atoms with Gasteiger partial charge in [0.15, 0.2) is 0 Å². The van der Waals surface area contributed by atoms with Crippen LogP contribution in [0.25, 0.3) is 0 Å². The van der Waals surface area contributed by atoms with E-state index in [2.05, 4.69) is 36.4 Å². The predicted octanol–water partition coefficient (Wildman–Crippen LogP) is 2.57. The maximum Gasteiger partial charge on any atom is 0 e. The van der Waals surface area contributed by atoms with Crippen molar-refractivity contribution in [2.75, 3.05) is 0 Å². The zero-order valence-corrected chi connectivity index (χ0v) is 15.9. The Balaban J connectivity index is 0.00000176. The van der Waals surface area contributed by atoms with E-state index in [9.17, 15) is 4.21 Å². The van der Waals surface area contributed by atoms with Crippen molar-refractivity contribution in [3.8, 4) is 0 Å². The summed E-state index contributed by atoms with van der Waals surface area (Å²) in [5.41, 5.74) is 0. The molecule has 1 radical (unpaired) electrons. The Bertz CT molecular complexity index is 623. The average molecular weight is 509 g/mol. The van der Waals surface area contributed by atoms with E-state index in [-0.39, 0.29) is 33.7 Å². The topological polar surface area (TPSA) is 17.1 Å². The predicted molar refractivity (Wildman–Crippen MR) is 96.1 cm³/mol. The molecule has 0 heterocycles. The van der Waals surface area contributed by atoms with Crippen LogP contribution in [0.1, 0.15) is 0 Å². The molecule has 0 N–H and O–H groups in total. The van der Waals surface area contributed by atoms with E-state index in [1.54, 1.807) is 0 Å². The summed E-state index contributed by atoms with van der Waals surface area (Å²) in [6, 6.07) is 30.7. The molecular formula is C18H17AuOPS. The second-order valence-corrected chi connectivity index (χ2v) is 10.8. The van der Waals surface area contributed by atoms with Crippen LogP contribution in [-0.4, -0.2) is 4.21 Å². The number of hydrogen-bond acceptors (Lipinski definition) is 1. The standard InChI is InChI=1S/C18H17OPS.Au/c19-21-20(16-10-4-1-5-11-16,17-12-6-2-7-13-17)18-14-8-3-9-15-18;/h1-15,20-21H;. The van der Waals surface area contributed by atoms with Crippen LogP contribution in [-0.2, 0) is 33.7 Å². The first-order valence-electron chi connectivity index (χ1n) is 6.89. The van der Waals surface area contributed by atoms with Crippen LogP contribution < -0.4 is 15.9 Å². The van der Waals surface area contributed by atoms with Crippen molar-refractivity contribution in [2.24, 2.45) is 0 Å². The van der Waals surface area contributed by atoms with Gasteiger partial charge >= 0.3 is 129 Å². The average Bonchev–Trinajstić information content (AvgIpc) is 2.59. The third-order valence-corrected chi connectivity index (χ3v) is 10.6. The minimum Gasteiger partial charge on any atom is 0 e. The molecular weight excluding hydrogens is 492 g/mol. The molecule has 0 aliphatic carbocycles. The molecule has 0 fully saturated rings. The fourth-order valence-electron chi connectivity index (χ4n) is 2.70. The molecule has 0 saturated heterocycles. The molecule has 0 amide bonds. The van der Waals surface area contributed by atoms with Crippen molar-refractivity contribution in [3.05, 3.63) is 91.0 Å². The number of thiol groups is 1. The molecule has 3 rings (SSSR count). The first-order valence-corrected chi connectivity index (χ1v) is 10.5. The van der Waals surface area contributed by atoms with E-state index in [0.29, 0.717) is 0 Å². The Morgan fingerprint density at radius 3 is 1.05 bits per heavy atom. The maximum absolute atomic E-state index is 12.4. The van der Waals surface area contributed by atoms with Crippen LogP contribution in [0.4, 0.5) is 0 Å². The van der Waals surface area contributed by atoms with Gasteiger partial charge in [0, 0.05) is 22.4 Å². The summed E-state index contributed by atoms with van der Waals surface area (Å²) < 4.78 is 12.4. The molecule has 1 nitrogen and oxygen atoms in total. The largest absolute Gasteiger partial charge is 0 e. The molecule has 117 valence electrons. The SMILES string of the molecule is O=[SH][PH](c1ccccc1)(c1ccccc1)c1ccccc1.[Au]. The third kappa shape index (κ3) is 3.17. The van der Waals surface area contributed by atoms with Crippen molar-refractivity contribution in [1.82, 2.24) is 0 Å². The van der Waals surface area contributed by atoms with Gasteiger partial charge in [0.2, 0.25) is 0 Å². The summed E-state index contributed by atoms with van der Waals surface area (Å²) >= 11 is 0.203. The van der Waals surface area contributed by atoms with E-state index in [0.717, 1.165) is 0 Å². The molecule has 0 aliphatic rings. The van der Waals surface area contributed by atoms with Crippen molar-refractivity contribution in [2.45, 2.75) is 0 Å². The minimum atomic E-state index is -2.48. The van der Waals surface area contributed by atoms with Gasteiger partial charge in [-0.3, -0.25) is 0 Å². The van der Waals surface area contributed by atoms with Gasteiger partial charge in [0.1, 0.15) is 0 Å². The smallest absolute Gasteiger partial charge is 0 e. The van der Waals surface area contributed by atoms with Gasteiger partial charge in [0.25, 0.3) is 0 Å². The summed E-state index contributed by atoms with van der Waals surface area (Å²) in [6.07, 6.45) is 0. The first kappa shape index (κ1) is 17.3. The number of benzene rings is 3. The zero-order chi connectivity index (χ0) is 14.5. The van der Waals surface area contributed by atoms with Crippen LogP contribution in [0, 0.1) is 0 Å². The van der Waals surface area contributed by atoms with Gasteiger partial charge in [-0.2, -0.15) is 0 Å². The van der Waals surface area contributed by atoms with Gasteiger partial charge in [-0.05, 0) is 0 Å². The molecule has 0 bridgehead atoms. The minimum absolute atomic E-state index is 0. The summed E-state index contributed by atoms with van der Waals surface area (Å²) in [6.45, 7) is -2.48. The first-order chi connectivity index (χ1) is 10.4. The van der Waals surface area contributed by atoms with Crippen molar-refractivity contribution in [1.29, 1.82) is 0 Å². The van der Waals surface area contributed by atoms with Crippen LogP contribution in [0.3, 0.4) is 0 Å². The number of hydrogen-bond donors (Lipinski definition) is 1. The Morgan fingerprint density at radius 1 is 0.545 bits per heavy atom. The molecule has 0 spiro atoms. The molecule has 0 aliphatic heterocycles. The zero-order valence-electron chi connectivity index (χ0n) is 11.8. The molecule has 3 aromatic rings. The van der Waals surface area contributed by atoms with Gasteiger partial charge in [-0.1, -0.05) is 0 Å². The van der Waals surface area contributed by atoms with E-state index in [1.807, 2.05) is 54.6 Å². The van der Waals surface area contributed by atoms with Gasteiger partial charge in [0.05, 0.1) is 0 Å². The summed E-state index contributed by atoms with van der Waals surface area (Å²) in [4.78, 5) is 0. The monoisotopic (exact) mass is 509 g/mol. The molecule has 0 aromatic heterocycles.